The molecule has 0 aliphatic carbocycles. The van der Waals surface area contributed by atoms with Gasteiger partial charge in [-0.25, -0.2) is 4.39 Å². The van der Waals surface area contributed by atoms with Gasteiger partial charge in [0.05, 0.1) is 0 Å². The Morgan fingerprint density at radius 1 is 1.08 bits per heavy atom. The molecule has 0 aromatic heterocycles. The van der Waals surface area contributed by atoms with E-state index in [-0.39, 0.29) is 7.11 Å². The minimum Gasteiger partial charge on any atom is -0.321 e. The molecule has 0 saturated heterocycles. The molecule has 0 radical (unpaired) electrons. The van der Waals surface area contributed by atoms with E-state index in [4.69, 9.17) is 0 Å². The van der Waals surface area contributed by atoms with Crippen LogP contribution in [0.5, 0.6) is 0 Å². The van der Waals surface area contributed by atoms with Crippen LogP contribution in [0.15, 0.2) is 0 Å². The van der Waals surface area contributed by atoms with Crippen molar-refractivity contribution in [3.8, 4) is 0 Å². The molecule has 1 unspecified atom stereocenters. The third-order valence-electron chi connectivity index (χ3n) is 0.927. The van der Waals surface area contributed by atoms with Crippen molar-refractivity contribution in [2.24, 2.45) is 0 Å². The fourth-order valence-corrected chi connectivity index (χ4v) is 0.967. The molecule has 0 aliphatic rings. The topological polar surface area (TPSA) is 9.23 Å². The van der Waals surface area contributed by atoms with Crippen LogP contribution >= 0.6 is 10.2 Å². The highest BCUT2D eigenvalue weighted by molar-refractivity contribution is 8.46. The van der Waals surface area contributed by atoms with E-state index in [0.717, 1.165) is 0 Å². The zero-order valence-corrected chi connectivity index (χ0v) is 6.73. The molecule has 0 aromatic carbocycles. The van der Waals surface area contributed by atoms with E-state index in [1.54, 1.807) is 0 Å². The minimum absolute atomic E-state index is 0.0178. The third kappa shape index (κ3) is 3.18. The number of ether oxygens (including phenoxy) is 1. The average Bonchev–Trinajstić information content (AvgIpc) is 1.81. The fourth-order valence-electron chi connectivity index (χ4n) is 0.352. The summed E-state index contributed by atoms with van der Waals surface area (Å²) in [6.07, 6.45) is -5.58. The van der Waals surface area contributed by atoms with Crippen molar-refractivity contribution in [3.63, 3.8) is 0 Å². The molecule has 0 bridgehead atoms. The number of hydrogen-bond donors (Lipinski definition) is 0. The second kappa shape index (κ2) is 2.22. The molecule has 10 heteroatoms. The molecule has 0 amide bonds. The van der Waals surface area contributed by atoms with Crippen molar-refractivity contribution in [1.29, 1.82) is 0 Å². The Hall–Kier alpha value is -0.250. The van der Waals surface area contributed by atoms with Crippen LogP contribution in [0.4, 0.5) is 32.6 Å². The maximum Gasteiger partial charge on any atom is 0.405 e. The van der Waals surface area contributed by atoms with Crippen molar-refractivity contribution in [2.45, 2.75) is 11.6 Å². The Kier molecular flexibility index (Phi) is 2.17. The average molecular weight is 240 g/mol. The summed E-state index contributed by atoms with van der Waals surface area (Å²) in [4.78, 5) is 0. The Morgan fingerprint density at radius 2 is 1.38 bits per heavy atom. The maximum absolute atomic E-state index is 11.8. The number of alkyl halides is 3. The predicted molar refractivity (Wildman–Crippen MR) is 30.0 cm³/mol. The molecular formula is C3H4F8OS. The van der Waals surface area contributed by atoms with Crippen LogP contribution in [-0.4, -0.2) is 18.7 Å². The van der Waals surface area contributed by atoms with Gasteiger partial charge in [0.2, 0.25) is 0 Å². The molecule has 0 aliphatic heterocycles. The van der Waals surface area contributed by atoms with E-state index in [0.29, 0.717) is 0 Å². The summed E-state index contributed by atoms with van der Waals surface area (Å²) in [5.41, 5.74) is -5.60. The second-order valence-electron chi connectivity index (χ2n) is 2.11. The van der Waals surface area contributed by atoms with Crippen molar-refractivity contribution >= 4 is 10.2 Å². The smallest absolute Gasteiger partial charge is 0.321 e. The first-order chi connectivity index (χ1) is 5.20. The van der Waals surface area contributed by atoms with Crippen molar-refractivity contribution in [3.05, 3.63) is 0 Å². The van der Waals surface area contributed by atoms with Gasteiger partial charge in [-0.3, -0.25) is 0 Å². The normalized spacial score (nSPS) is 21.9. The van der Waals surface area contributed by atoms with Crippen LogP contribution in [0, 0.1) is 0 Å². The summed E-state index contributed by atoms with van der Waals surface area (Å²) in [6.45, 7) is 0. The summed E-state index contributed by atoms with van der Waals surface area (Å²) in [5, 5.41) is 0. The Bertz CT molecular complexity index is 203. The zero-order chi connectivity index (χ0) is 11.2. The van der Waals surface area contributed by atoms with Gasteiger partial charge in [-0.15, -0.1) is 0 Å². The summed E-state index contributed by atoms with van der Waals surface area (Å²) in [5.74, 6) is 0. The summed E-state index contributed by atoms with van der Waals surface area (Å²) >= 11 is 0. The minimum atomic E-state index is -10.9. The van der Waals surface area contributed by atoms with Gasteiger partial charge in [0.1, 0.15) is 0 Å². The first kappa shape index (κ1) is 12.8. The fraction of sp³-hybridized carbons (Fsp3) is 1.00. The quantitative estimate of drug-likeness (QED) is 0.681. The molecule has 1 nitrogen and oxygen atoms in total. The molecule has 0 saturated carbocycles. The standard InChI is InChI=1S/C3H4F8OS/c1-12-3(5,6)2(4)13(7,8,9,10)11/h2H,1H3. The lowest BCUT2D eigenvalue weighted by atomic mass is 10.7. The monoisotopic (exact) mass is 240 g/mol. The van der Waals surface area contributed by atoms with Crippen molar-refractivity contribution in [2.75, 3.05) is 7.11 Å². The first-order valence-electron chi connectivity index (χ1n) is 2.50. The molecule has 1 atom stereocenters. The van der Waals surface area contributed by atoms with Gasteiger partial charge in [-0.2, -0.15) is 8.78 Å². The lowest BCUT2D eigenvalue weighted by Gasteiger charge is -2.44. The van der Waals surface area contributed by atoms with Crippen LogP contribution in [0.25, 0.3) is 0 Å². The van der Waals surface area contributed by atoms with E-state index in [1.165, 1.54) is 0 Å². The summed E-state index contributed by atoms with van der Waals surface area (Å²) in [7, 11) is -10.9. The number of rotatable bonds is 3. The number of methoxy groups -OCH3 is 1. The van der Waals surface area contributed by atoms with Crippen molar-refractivity contribution in [1.82, 2.24) is 0 Å². The van der Waals surface area contributed by atoms with Gasteiger partial charge < -0.3 is 4.74 Å². The van der Waals surface area contributed by atoms with Gasteiger partial charge in [0, 0.05) is 7.11 Å². The highest BCUT2D eigenvalue weighted by Gasteiger charge is 2.79. The lowest BCUT2D eigenvalue weighted by molar-refractivity contribution is -0.245. The Labute approximate surface area is 67.4 Å². The van der Waals surface area contributed by atoms with E-state index in [1.807, 2.05) is 0 Å². The molecule has 0 spiro atoms. The predicted octanol–water partition coefficient (Wildman–Crippen LogP) is 3.82. The highest BCUT2D eigenvalue weighted by atomic mass is 32.5. The van der Waals surface area contributed by atoms with Crippen LogP contribution in [-0.2, 0) is 4.74 Å². The largest absolute Gasteiger partial charge is 0.405 e. The van der Waals surface area contributed by atoms with Gasteiger partial charge in [-0.1, -0.05) is 19.4 Å². The molecular weight excluding hydrogens is 236 g/mol. The van der Waals surface area contributed by atoms with Crippen LogP contribution in [0.2, 0.25) is 0 Å². The van der Waals surface area contributed by atoms with Gasteiger partial charge in [0.15, 0.2) is 0 Å². The van der Waals surface area contributed by atoms with Crippen LogP contribution in [0.1, 0.15) is 0 Å². The third-order valence-corrected chi connectivity index (χ3v) is 1.98. The van der Waals surface area contributed by atoms with Crippen LogP contribution < -0.4 is 0 Å². The molecule has 0 fully saturated rings. The van der Waals surface area contributed by atoms with Crippen molar-refractivity contribution < 1.29 is 37.3 Å². The Morgan fingerprint density at radius 3 is 1.46 bits per heavy atom. The van der Waals surface area contributed by atoms with E-state index >= 15 is 0 Å². The summed E-state index contributed by atoms with van der Waals surface area (Å²) < 4.78 is 94.7. The second-order valence-corrected chi connectivity index (χ2v) is 4.58. The SMILES string of the molecule is COC(F)(F)C(F)S(F)(F)(F)(F)F. The molecule has 13 heavy (non-hydrogen) atoms. The zero-order valence-electron chi connectivity index (χ0n) is 5.92. The lowest BCUT2D eigenvalue weighted by Crippen LogP contribution is -2.40. The van der Waals surface area contributed by atoms with Gasteiger partial charge in [0.25, 0.3) is 0 Å². The maximum atomic E-state index is 11.8. The molecule has 0 aromatic rings. The molecule has 0 N–H and O–H groups in total. The van der Waals surface area contributed by atoms with Crippen LogP contribution in [0.3, 0.4) is 0 Å². The number of hydrogen-bond acceptors (Lipinski definition) is 1. The van der Waals surface area contributed by atoms with E-state index < -0.39 is 21.8 Å². The molecule has 84 valence electrons. The first-order valence-corrected chi connectivity index (χ1v) is 4.52. The Balaban J connectivity index is 5.15. The highest BCUT2D eigenvalue weighted by Crippen LogP contribution is 3.01. The van der Waals surface area contributed by atoms with Gasteiger partial charge >= 0.3 is 21.8 Å². The van der Waals surface area contributed by atoms with E-state index in [9.17, 15) is 32.6 Å². The molecule has 0 rings (SSSR count). The summed E-state index contributed by atoms with van der Waals surface area (Å²) in [6, 6.07) is 0. The van der Waals surface area contributed by atoms with E-state index in [2.05, 4.69) is 4.74 Å². The molecule has 0 heterocycles. The van der Waals surface area contributed by atoms with Gasteiger partial charge in [-0.05, 0) is 0 Å². The number of halogens is 8.